The van der Waals surface area contributed by atoms with E-state index in [2.05, 4.69) is 45.3 Å². The van der Waals surface area contributed by atoms with E-state index in [1.54, 1.807) is 0 Å². The molecule has 1 aliphatic heterocycles. The summed E-state index contributed by atoms with van der Waals surface area (Å²) in [6.45, 7) is 5.64. The Kier molecular flexibility index (Phi) is 3.84. The van der Waals surface area contributed by atoms with Crippen LogP contribution in [0.5, 0.6) is 0 Å². The number of allylic oxidation sites excluding steroid dienone is 2. The van der Waals surface area contributed by atoms with Gasteiger partial charge in [0.15, 0.2) is 0 Å². The molecular weight excluding hydrogens is 158 g/mol. The quantitative estimate of drug-likeness (QED) is 0.443. The largest absolute Gasteiger partial charge is 1.00 e. The average molecular weight is 174 g/mol. The second-order valence-electron chi connectivity index (χ2n) is 3.39. The molecule has 1 rings (SSSR count). The predicted octanol–water partition coefficient (Wildman–Crippen LogP) is -1.07. The highest BCUT2D eigenvalue weighted by molar-refractivity contribution is 5.03. The third-order valence-corrected chi connectivity index (χ3v) is 2.35. The number of hydrogen-bond acceptors (Lipinski definition) is 0. The maximum atomic E-state index is 2.25. The fraction of sp³-hybridized carbons (Fsp3) is 0.556. The molecule has 0 amide bonds. The molecule has 11 heavy (non-hydrogen) atoms. The first-order valence-corrected chi connectivity index (χ1v) is 3.84. The predicted molar refractivity (Wildman–Crippen MR) is 44.5 cm³/mol. The molecule has 1 atom stereocenters. The van der Waals surface area contributed by atoms with E-state index in [-0.39, 0.29) is 12.4 Å². The van der Waals surface area contributed by atoms with Gasteiger partial charge in [-0.05, 0) is 26.0 Å². The van der Waals surface area contributed by atoms with Gasteiger partial charge in [0.25, 0.3) is 0 Å². The minimum atomic E-state index is 0. The minimum Gasteiger partial charge on any atom is -1.00 e. The topological polar surface area (TPSA) is 0 Å². The molecule has 0 spiro atoms. The molecule has 0 aromatic carbocycles. The zero-order chi connectivity index (χ0) is 7.61. The Balaban J connectivity index is 0.000001000. The van der Waals surface area contributed by atoms with E-state index in [0.29, 0.717) is 6.04 Å². The fourth-order valence-corrected chi connectivity index (χ4v) is 1.06. The van der Waals surface area contributed by atoms with E-state index in [1.165, 1.54) is 0 Å². The van der Waals surface area contributed by atoms with E-state index in [9.17, 15) is 0 Å². The molecule has 0 aliphatic carbocycles. The molecule has 0 saturated heterocycles. The summed E-state index contributed by atoms with van der Waals surface area (Å²) in [4.78, 5) is 0. The molecule has 64 valence electrons. The Bertz CT molecular complexity index is 172. The van der Waals surface area contributed by atoms with Crippen LogP contribution in [0.4, 0.5) is 0 Å². The minimum absolute atomic E-state index is 0. The third-order valence-electron chi connectivity index (χ3n) is 2.35. The molecule has 1 aliphatic rings. The number of rotatable bonds is 1. The summed E-state index contributed by atoms with van der Waals surface area (Å²) in [7, 11) is 2.25. The zero-order valence-corrected chi connectivity index (χ0v) is 8.17. The van der Waals surface area contributed by atoms with Crippen LogP contribution >= 0.6 is 0 Å². The summed E-state index contributed by atoms with van der Waals surface area (Å²) in [5.41, 5.74) is 0. The Hall–Kier alpha value is -0.270. The van der Waals surface area contributed by atoms with Gasteiger partial charge in [-0.2, -0.15) is 0 Å². The van der Waals surface area contributed by atoms with Crippen molar-refractivity contribution in [3.8, 4) is 0 Å². The zero-order valence-electron chi connectivity index (χ0n) is 7.42. The number of nitrogens with zero attached hydrogens (tertiary/aromatic N) is 1. The van der Waals surface area contributed by atoms with Crippen LogP contribution in [0.25, 0.3) is 0 Å². The Morgan fingerprint density at radius 3 is 2.18 bits per heavy atom. The van der Waals surface area contributed by atoms with Crippen LogP contribution < -0.4 is 12.4 Å². The van der Waals surface area contributed by atoms with Gasteiger partial charge in [0, 0.05) is 0 Å². The first kappa shape index (κ1) is 10.7. The van der Waals surface area contributed by atoms with E-state index in [1.807, 2.05) is 0 Å². The van der Waals surface area contributed by atoms with Crippen LogP contribution in [0, 0.1) is 0 Å². The average Bonchev–Trinajstić information content (AvgIpc) is 1.89. The molecule has 1 nitrogen and oxygen atoms in total. The number of quaternary nitrogens is 1. The van der Waals surface area contributed by atoms with E-state index in [0.717, 1.165) is 11.0 Å². The highest BCUT2D eigenvalue weighted by Crippen LogP contribution is 2.13. The molecule has 0 saturated carbocycles. The van der Waals surface area contributed by atoms with Crippen molar-refractivity contribution in [2.45, 2.75) is 19.9 Å². The molecule has 2 heteroatoms. The monoisotopic (exact) mass is 173 g/mol. The summed E-state index contributed by atoms with van der Waals surface area (Å²) < 4.78 is 1.04. The lowest BCUT2D eigenvalue weighted by Crippen LogP contribution is -3.00. The van der Waals surface area contributed by atoms with Gasteiger partial charge >= 0.3 is 0 Å². The molecule has 0 radical (unpaired) electrons. The normalized spacial score (nSPS) is 28.7. The second-order valence-corrected chi connectivity index (χ2v) is 3.39. The molecule has 0 fully saturated rings. The number of likely N-dealkylation sites (N-methyl/N-ethyl adjacent to an activating group) is 1. The maximum absolute atomic E-state index is 2.25. The molecule has 0 aromatic heterocycles. The summed E-state index contributed by atoms with van der Waals surface area (Å²) in [5, 5.41) is 0. The highest BCUT2D eigenvalue weighted by atomic mass is 35.5. The van der Waals surface area contributed by atoms with E-state index >= 15 is 0 Å². The van der Waals surface area contributed by atoms with Gasteiger partial charge in [-0.15, -0.1) is 0 Å². The standard InChI is InChI=1S/C9H16N.ClH/c1-9(2)10(3)7-5-4-6-8-10;/h4-7,9H,8H2,1-3H3;1H/q+1;/p-1. The van der Waals surface area contributed by atoms with Crippen LogP contribution in [-0.2, 0) is 0 Å². The van der Waals surface area contributed by atoms with Crippen molar-refractivity contribution in [2.75, 3.05) is 13.6 Å². The van der Waals surface area contributed by atoms with E-state index in [4.69, 9.17) is 0 Å². The molecular formula is C9H16ClN. The lowest BCUT2D eigenvalue weighted by molar-refractivity contribution is -0.876. The fourth-order valence-electron chi connectivity index (χ4n) is 1.06. The highest BCUT2D eigenvalue weighted by Gasteiger charge is 2.21. The maximum Gasteiger partial charge on any atom is 0.102 e. The molecule has 0 bridgehead atoms. The van der Waals surface area contributed by atoms with Crippen LogP contribution in [0.15, 0.2) is 24.4 Å². The van der Waals surface area contributed by atoms with Crippen LogP contribution in [0.1, 0.15) is 13.8 Å². The molecule has 1 heterocycles. The van der Waals surface area contributed by atoms with Crippen LogP contribution in [-0.4, -0.2) is 24.1 Å². The van der Waals surface area contributed by atoms with Gasteiger partial charge in [0.2, 0.25) is 0 Å². The van der Waals surface area contributed by atoms with Gasteiger partial charge in [-0.1, -0.05) is 6.08 Å². The van der Waals surface area contributed by atoms with E-state index < -0.39 is 0 Å². The van der Waals surface area contributed by atoms with Crippen molar-refractivity contribution < 1.29 is 16.9 Å². The lowest BCUT2D eigenvalue weighted by Gasteiger charge is -2.34. The SMILES string of the molecule is CC(C)[N+]1(C)C=CC=CC1.[Cl-]. The summed E-state index contributed by atoms with van der Waals surface area (Å²) >= 11 is 0. The second kappa shape index (κ2) is 3.93. The number of hydrogen-bond donors (Lipinski definition) is 0. The summed E-state index contributed by atoms with van der Waals surface area (Å²) in [5.74, 6) is 0. The summed E-state index contributed by atoms with van der Waals surface area (Å²) in [6.07, 6.45) is 8.72. The van der Waals surface area contributed by atoms with Crippen LogP contribution in [0.3, 0.4) is 0 Å². The van der Waals surface area contributed by atoms with Gasteiger partial charge in [0.1, 0.15) is 6.54 Å². The molecule has 0 aromatic rings. The lowest BCUT2D eigenvalue weighted by atomic mass is 10.2. The van der Waals surface area contributed by atoms with Crippen LogP contribution in [0.2, 0.25) is 0 Å². The van der Waals surface area contributed by atoms with Gasteiger partial charge < -0.3 is 12.4 Å². The van der Waals surface area contributed by atoms with Crippen molar-refractivity contribution in [3.05, 3.63) is 24.4 Å². The first-order chi connectivity index (χ1) is 4.65. The van der Waals surface area contributed by atoms with Crippen molar-refractivity contribution >= 4 is 0 Å². The Morgan fingerprint density at radius 1 is 1.27 bits per heavy atom. The third kappa shape index (κ3) is 2.35. The molecule has 1 unspecified atom stereocenters. The van der Waals surface area contributed by atoms with Crippen molar-refractivity contribution in [2.24, 2.45) is 0 Å². The Labute approximate surface area is 75.4 Å². The van der Waals surface area contributed by atoms with Gasteiger partial charge in [-0.3, -0.25) is 4.48 Å². The Morgan fingerprint density at radius 2 is 1.91 bits per heavy atom. The van der Waals surface area contributed by atoms with Crippen molar-refractivity contribution in [1.82, 2.24) is 0 Å². The van der Waals surface area contributed by atoms with Gasteiger partial charge in [-0.25, -0.2) is 0 Å². The van der Waals surface area contributed by atoms with Crippen molar-refractivity contribution in [3.63, 3.8) is 0 Å². The first-order valence-electron chi connectivity index (χ1n) is 3.84. The van der Waals surface area contributed by atoms with Gasteiger partial charge in [0.05, 0.1) is 19.3 Å². The van der Waals surface area contributed by atoms with Crippen molar-refractivity contribution in [1.29, 1.82) is 0 Å². The summed E-state index contributed by atoms with van der Waals surface area (Å²) in [6, 6.07) is 0.682. The number of halogens is 1. The smallest absolute Gasteiger partial charge is 0.102 e. The molecule has 0 N–H and O–H groups in total.